The maximum atomic E-state index is 12.2. The third kappa shape index (κ3) is 3.04. The number of nitrogens with zero attached hydrogens (tertiary/aromatic N) is 1. The standard InChI is InChI=1S/C16H23N3O2/c1-11-8-12(19-6-2-3-7-19)4-5-15(11)18-16(20)13-9-21-10-14(13)17/h4-5,8,13-14H,2-3,6-7,9-10,17H2,1H3,(H,18,20). The highest BCUT2D eigenvalue weighted by molar-refractivity contribution is 5.94. The van der Waals surface area contributed by atoms with Gasteiger partial charge in [0.25, 0.3) is 0 Å². The molecule has 2 aliphatic heterocycles. The number of aryl methyl sites for hydroxylation is 1. The van der Waals surface area contributed by atoms with Crippen LogP contribution >= 0.6 is 0 Å². The van der Waals surface area contributed by atoms with Crippen molar-refractivity contribution in [1.29, 1.82) is 0 Å². The largest absolute Gasteiger partial charge is 0.379 e. The van der Waals surface area contributed by atoms with Crippen molar-refractivity contribution in [2.75, 3.05) is 36.5 Å². The Bertz CT molecular complexity index is 526. The fourth-order valence-electron chi connectivity index (χ4n) is 3.03. The predicted octanol–water partition coefficient (Wildman–Crippen LogP) is 1.51. The third-order valence-corrected chi connectivity index (χ3v) is 4.40. The molecule has 0 aliphatic carbocycles. The zero-order chi connectivity index (χ0) is 14.8. The van der Waals surface area contributed by atoms with Crippen LogP contribution < -0.4 is 16.0 Å². The van der Waals surface area contributed by atoms with E-state index < -0.39 is 0 Å². The first-order valence-corrected chi connectivity index (χ1v) is 7.65. The summed E-state index contributed by atoms with van der Waals surface area (Å²) in [6.07, 6.45) is 2.52. The normalized spacial score (nSPS) is 25.3. The lowest BCUT2D eigenvalue weighted by Crippen LogP contribution is -2.37. The van der Waals surface area contributed by atoms with Gasteiger partial charge < -0.3 is 20.7 Å². The molecule has 2 aliphatic rings. The molecule has 2 fully saturated rings. The number of carbonyl (C=O) groups is 1. The van der Waals surface area contributed by atoms with Gasteiger partial charge in [-0.15, -0.1) is 0 Å². The first-order chi connectivity index (χ1) is 10.1. The minimum absolute atomic E-state index is 0.0444. The summed E-state index contributed by atoms with van der Waals surface area (Å²) in [6.45, 7) is 5.15. The molecule has 3 N–H and O–H groups in total. The van der Waals surface area contributed by atoms with Crippen LogP contribution in [0, 0.1) is 12.8 Å². The van der Waals surface area contributed by atoms with Gasteiger partial charge in [0.15, 0.2) is 0 Å². The maximum Gasteiger partial charge on any atom is 0.231 e. The number of nitrogens with one attached hydrogen (secondary N) is 1. The monoisotopic (exact) mass is 289 g/mol. The van der Waals surface area contributed by atoms with Crippen molar-refractivity contribution in [2.45, 2.75) is 25.8 Å². The first kappa shape index (κ1) is 14.4. The first-order valence-electron chi connectivity index (χ1n) is 7.65. The summed E-state index contributed by atoms with van der Waals surface area (Å²) in [6, 6.07) is 6.02. The van der Waals surface area contributed by atoms with Crippen LogP contribution in [0.5, 0.6) is 0 Å². The molecule has 3 rings (SSSR count). The molecule has 114 valence electrons. The van der Waals surface area contributed by atoms with Crippen molar-refractivity contribution in [3.05, 3.63) is 23.8 Å². The lowest BCUT2D eigenvalue weighted by Gasteiger charge is -2.20. The van der Waals surface area contributed by atoms with Gasteiger partial charge in [0.2, 0.25) is 5.91 Å². The number of carbonyl (C=O) groups excluding carboxylic acids is 1. The van der Waals surface area contributed by atoms with Crippen molar-refractivity contribution in [3.63, 3.8) is 0 Å². The summed E-state index contributed by atoms with van der Waals surface area (Å²) < 4.78 is 5.25. The Labute approximate surface area is 125 Å². The molecule has 2 atom stereocenters. The zero-order valence-corrected chi connectivity index (χ0v) is 12.5. The van der Waals surface area contributed by atoms with E-state index in [1.807, 2.05) is 13.0 Å². The number of rotatable bonds is 3. The molecule has 0 aromatic heterocycles. The van der Waals surface area contributed by atoms with Crippen molar-refractivity contribution in [3.8, 4) is 0 Å². The quantitative estimate of drug-likeness (QED) is 0.885. The maximum absolute atomic E-state index is 12.2. The van der Waals surface area contributed by atoms with Gasteiger partial charge in [-0.3, -0.25) is 4.79 Å². The van der Waals surface area contributed by atoms with Crippen molar-refractivity contribution < 1.29 is 9.53 Å². The van der Waals surface area contributed by atoms with Crippen molar-refractivity contribution in [2.24, 2.45) is 11.7 Å². The van der Waals surface area contributed by atoms with E-state index in [9.17, 15) is 4.79 Å². The fraction of sp³-hybridized carbons (Fsp3) is 0.562. The number of hydrogen-bond donors (Lipinski definition) is 2. The van der Waals surface area contributed by atoms with Gasteiger partial charge in [-0.25, -0.2) is 0 Å². The molecule has 2 heterocycles. The van der Waals surface area contributed by atoms with Crippen molar-refractivity contribution in [1.82, 2.24) is 0 Å². The Morgan fingerprint density at radius 1 is 1.33 bits per heavy atom. The Kier molecular flexibility index (Phi) is 4.12. The molecule has 2 saturated heterocycles. The molecule has 0 bridgehead atoms. The smallest absolute Gasteiger partial charge is 0.231 e. The molecule has 0 radical (unpaired) electrons. The van der Waals surface area contributed by atoms with Crippen LogP contribution in [0.2, 0.25) is 0 Å². The molecule has 1 aromatic carbocycles. The van der Waals surface area contributed by atoms with E-state index in [0.717, 1.165) is 24.3 Å². The average molecular weight is 289 g/mol. The highest BCUT2D eigenvalue weighted by Crippen LogP contribution is 2.26. The summed E-state index contributed by atoms with van der Waals surface area (Å²) >= 11 is 0. The van der Waals surface area contributed by atoms with E-state index in [1.54, 1.807) is 0 Å². The number of ether oxygens (including phenoxy) is 1. The Hall–Kier alpha value is -1.59. The van der Waals surface area contributed by atoms with E-state index in [-0.39, 0.29) is 17.9 Å². The van der Waals surface area contributed by atoms with Gasteiger partial charge in [-0.05, 0) is 43.5 Å². The highest BCUT2D eigenvalue weighted by atomic mass is 16.5. The second-order valence-corrected chi connectivity index (χ2v) is 5.99. The molecule has 1 amide bonds. The predicted molar refractivity (Wildman–Crippen MR) is 83.5 cm³/mol. The van der Waals surface area contributed by atoms with E-state index in [1.165, 1.54) is 18.5 Å². The molecule has 0 spiro atoms. The Morgan fingerprint density at radius 3 is 2.71 bits per heavy atom. The Balaban J connectivity index is 1.69. The Morgan fingerprint density at radius 2 is 2.10 bits per heavy atom. The van der Waals surface area contributed by atoms with Crippen LogP contribution in [0.4, 0.5) is 11.4 Å². The van der Waals surface area contributed by atoms with E-state index in [4.69, 9.17) is 10.5 Å². The number of hydrogen-bond acceptors (Lipinski definition) is 4. The van der Waals surface area contributed by atoms with E-state index in [0.29, 0.717) is 13.2 Å². The SMILES string of the molecule is Cc1cc(N2CCCC2)ccc1NC(=O)C1COCC1N. The van der Waals surface area contributed by atoms with Crippen LogP contribution in [0.1, 0.15) is 18.4 Å². The van der Waals surface area contributed by atoms with Gasteiger partial charge in [0.1, 0.15) is 0 Å². The van der Waals surface area contributed by atoms with Crippen molar-refractivity contribution >= 4 is 17.3 Å². The fourth-order valence-corrected chi connectivity index (χ4v) is 3.03. The zero-order valence-electron chi connectivity index (χ0n) is 12.5. The van der Waals surface area contributed by atoms with Gasteiger partial charge >= 0.3 is 0 Å². The van der Waals surface area contributed by atoms with Gasteiger partial charge in [-0.1, -0.05) is 0 Å². The second-order valence-electron chi connectivity index (χ2n) is 5.99. The summed E-state index contributed by atoms with van der Waals surface area (Å²) in [7, 11) is 0. The molecule has 5 heteroatoms. The second kappa shape index (κ2) is 6.03. The average Bonchev–Trinajstić information content (AvgIpc) is 3.12. The van der Waals surface area contributed by atoms with Crippen LogP contribution in [0.25, 0.3) is 0 Å². The molecule has 0 saturated carbocycles. The van der Waals surface area contributed by atoms with Gasteiger partial charge in [0, 0.05) is 30.5 Å². The lowest BCUT2D eigenvalue weighted by atomic mass is 10.0. The van der Waals surface area contributed by atoms with Crippen LogP contribution in [-0.4, -0.2) is 38.3 Å². The van der Waals surface area contributed by atoms with Crippen LogP contribution in [0.3, 0.4) is 0 Å². The molecule has 2 unspecified atom stereocenters. The lowest BCUT2D eigenvalue weighted by molar-refractivity contribution is -0.120. The molecule has 21 heavy (non-hydrogen) atoms. The van der Waals surface area contributed by atoms with Gasteiger partial charge in [0.05, 0.1) is 19.1 Å². The number of anilines is 2. The van der Waals surface area contributed by atoms with Crippen LogP contribution in [-0.2, 0) is 9.53 Å². The molecular formula is C16H23N3O2. The minimum atomic E-state index is -0.248. The van der Waals surface area contributed by atoms with E-state index >= 15 is 0 Å². The third-order valence-electron chi connectivity index (χ3n) is 4.40. The molecular weight excluding hydrogens is 266 g/mol. The van der Waals surface area contributed by atoms with Gasteiger partial charge in [-0.2, -0.15) is 0 Å². The molecule has 5 nitrogen and oxygen atoms in total. The van der Waals surface area contributed by atoms with Crippen LogP contribution in [0.15, 0.2) is 18.2 Å². The van der Waals surface area contributed by atoms with E-state index in [2.05, 4.69) is 22.3 Å². The minimum Gasteiger partial charge on any atom is -0.379 e. The molecule has 1 aromatic rings. The number of amides is 1. The number of nitrogens with two attached hydrogens (primary N) is 1. The summed E-state index contributed by atoms with van der Waals surface area (Å²) in [5.41, 5.74) is 9.07. The summed E-state index contributed by atoms with van der Waals surface area (Å²) in [4.78, 5) is 14.6. The summed E-state index contributed by atoms with van der Waals surface area (Å²) in [5.74, 6) is -0.292. The summed E-state index contributed by atoms with van der Waals surface area (Å²) in [5, 5.41) is 2.98. The number of benzene rings is 1. The highest BCUT2D eigenvalue weighted by Gasteiger charge is 2.31. The topological polar surface area (TPSA) is 67.6 Å².